The van der Waals surface area contributed by atoms with E-state index in [-0.39, 0.29) is 6.04 Å². The molecule has 1 heterocycles. The normalized spacial score (nSPS) is 17.5. The topological polar surface area (TPSA) is 38.0 Å². The molecule has 0 fully saturated rings. The average molecular weight is 208 g/mol. The van der Waals surface area contributed by atoms with Crippen LogP contribution in [0.15, 0.2) is 18.0 Å². The largest absolute Gasteiger partial charge is 0.271 e. The van der Waals surface area contributed by atoms with E-state index in [1.54, 1.807) is 4.88 Å². The summed E-state index contributed by atoms with van der Waals surface area (Å²) in [4.78, 5) is 1.55. The fourth-order valence-electron chi connectivity index (χ4n) is 2.06. The molecule has 0 aromatic carbocycles. The molecule has 3 N–H and O–H groups in total. The predicted octanol–water partition coefficient (Wildman–Crippen LogP) is 2.32. The van der Waals surface area contributed by atoms with Crippen molar-refractivity contribution in [2.45, 2.75) is 31.7 Å². The Morgan fingerprint density at radius 1 is 1.50 bits per heavy atom. The Bertz CT molecular complexity index is 330. The first-order valence-corrected chi connectivity index (χ1v) is 5.92. The van der Waals surface area contributed by atoms with Gasteiger partial charge >= 0.3 is 0 Å². The average Bonchev–Trinajstić information content (AvgIpc) is 2.65. The van der Waals surface area contributed by atoms with Crippen molar-refractivity contribution in [3.8, 4) is 0 Å². The number of fused-ring (bicyclic) bond motifs is 1. The zero-order valence-electron chi connectivity index (χ0n) is 8.25. The van der Waals surface area contributed by atoms with E-state index in [9.17, 15) is 0 Å². The molecule has 1 aromatic rings. The first-order valence-electron chi connectivity index (χ1n) is 5.04. The van der Waals surface area contributed by atoms with Crippen molar-refractivity contribution >= 4 is 11.3 Å². The van der Waals surface area contributed by atoms with Gasteiger partial charge in [-0.2, -0.15) is 0 Å². The third-order valence-electron chi connectivity index (χ3n) is 2.84. The maximum absolute atomic E-state index is 5.49. The Kier molecular flexibility index (Phi) is 3.01. The summed E-state index contributed by atoms with van der Waals surface area (Å²) in [6.07, 6.45) is 6.97. The van der Waals surface area contributed by atoms with E-state index in [1.165, 1.54) is 36.8 Å². The molecule has 0 spiro atoms. The molecule has 0 saturated heterocycles. The molecular weight excluding hydrogens is 192 g/mol. The molecule has 1 unspecified atom stereocenters. The zero-order chi connectivity index (χ0) is 9.97. The second kappa shape index (κ2) is 4.26. The van der Waals surface area contributed by atoms with Crippen LogP contribution in [0.1, 0.15) is 34.9 Å². The molecule has 2 nitrogen and oxygen atoms in total. The van der Waals surface area contributed by atoms with Crippen molar-refractivity contribution in [3.05, 3.63) is 34.0 Å². The van der Waals surface area contributed by atoms with Crippen molar-refractivity contribution in [2.75, 3.05) is 0 Å². The number of nitrogens with two attached hydrogens (primary N) is 1. The summed E-state index contributed by atoms with van der Waals surface area (Å²) in [5, 5.41) is 2.22. The number of hydrogen-bond acceptors (Lipinski definition) is 3. The van der Waals surface area contributed by atoms with Crippen LogP contribution in [0.2, 0.25) is 0 Å². The Morgan fingerprint density at radius 2 is 2.29 bits per heavy atom. The van der Waals surface area contributed by atoms with Crippen molar-refractivity contribution in [3.63, 3.8) is 0 Å². The summed E-state index contributed by atoms with van der Waals surface area (Å²) in [5.41, 5.74) is 5.65. The number of nitrogens with one attached hydrogen (secondary N) is 1. The van der Waals surface area contributed by atoms with Gasteiger partial charge in [0.1, 0.15) is 0 Å². The van der Waals surface area contributed by atoms with Gasteiger partial charge in [-0.3, -0.25) is 5.84 Å². The second-order valence-corrected chi connectivity index (χ2v) is 4.64. The molecule has 0 saturated carbocycles. The zero-order valence-corrected chi connectivity index (χ0v) is 9.07. The summed E-state index contributed by atoms with van der Waals surface area (Å²) in [6.45, 7) is 3.80. The molecule has 1 aliphatic rings. The van der Waals surface area contributed by atoms with Crippen molar-refractivity contribution in [1.29, 1.82) is 0 Å². The fraction of sp³-hybridized carbons (Fsp3) is 0.455. The van der Waals surface area contributed by atoms with Gasteiger partial charge in [-0.25, -0.2) is 5.43 Å². The number of aryl methyl sites for hydroxylation is 1. The Morgan fingerprint density at radius 3 is 3.00 bits per heavy atom. The van der Waals surface area contributed by atoms with Crippen LogP contribution in [0.25, 0.3) is 0 Å². The molecule has 0 aliphatic heterocycles. The minimum absolute atomic E-state index is 0.119. The number of thiophene rings is 1. The molecule has 1 atom stereocenters. The Balaban J connectivity index is 2.33. The van der Waals surface area contributed by atoms with Gasteiger partial charge < -0.3 is 0 Å². The molecule has 2 rings (SSSR count). The monoisotopic (exact) mass is 208 g/mol. The van der Waals surface area contributed by atoms with E-state index in [2.05, 4.69) is 17.4 Å². The van der Waals surface area contributed by atoms with E-state index in [1.807, 2.05) is 17.4 Å². The van der Waals surface area contributed by atoms with Crippen LogP contribution in [0.5, 0.6) is 0 Å². The standard InChI is InChI=1S/C11H16N2S/c1-2-10(13-12)9-7-14-11-6-4-3-5-8(9)11/h2,7,10,13H,1,3-6,12H2. The second-order valence-electron chi connectivity index (χ2n) is 3.68. The van der Waals surface area contributed by atoms with Gasteiger partial charge in [0, 0.05) is 4.88 Å². The Labute approximate surface area is 88.8 Å². The highest BCUT2D eigenvalue weighted by atomic mass is 32.1. The van der Waals surface area contributed by atoms with E-state index >= 15 is 0 Å². The van der Waals surface area contributed by atoms with Crippen LogP contribution in [0.4, 0.5) is 0 Å². The summed E-state index contributed by atoms with van der Waals surface area (Å²) in [5.74, 6) is 5.49. The molecule has 14 heavy (non-hydrogen) atoms. The predicted molar refractivity (Wildman–Crippen MR) is 61.2 cm³/mol. The SMILES string of the molecule is C=CC(NN)c1csc2c1CCCC2. The molecule has 3 heteroatoms. The van der Waals surface area contributed by atoms with Crippen LogP contribution in [-0.2, 0) is 12.8 Å². The lowest BCUT2D eigenvalue weighted by atomic mass is 9.93. The van der Waals surface area contributed by atoms with Crippen LogP contribution in [0.3, 0.4) is 0 Å². The maximum atomic E-state index is 5.49. The molecular formula is C11H16N2S. The van der Waals surface area contributed by atoms with E-state index in [4.69, 9.17) is 5.84 Å². The number of hydrazine groups is 1. The van der Waals surface area contributed by atoms with E-state index < -0.39 is 0 Å². The molecule has 1 aromatic heterocycles. The van der Waals surface area contributed by atoms with E-state index in [0.29, 0.717) is 0 Å². The summed E-state index contributed by atoms with van der Waals surface area (Å²) < 4.78 is 0. The quantitative estimate of drug-likeness (QED) is 0.454. The van der Waals surface area contributed by atoms with Gasteiger partial charge in [-0.1, -0.05) is 6.08 Å². The van der Waals surface area contributed by atoms with Crippen molar-refractivity contribution in [2.24, 2.45) is 5.84 Å². The molecule has 0 amide bonds. The fourth-order valence-corrected chi connectivity index (χ4v) is 3.25. The van der Waals surface area contributed by atoms with Gasteiger partial charge in [0.2, 0.25) is 0 Å². The van der Waals surface area contributed by atoms with Gasteiger partial charge in [0.15, 0.2) is 0 Å². The van der Waals surface area contributed by atoms with Gasteiger partial charge in [-0.05, 0) is 42.2 Å². The lowest BCUT2D eigenvalue weighted by molar-refractivity contribution is 0.634. The van der Waals surface area contributed by atoms with Crippen LogP contribution in [0, 0.1) is 0 Å². The minimum atomic E-state index is 0.119. The highest BCUT2D eigenvalue weighted by Gasteiger charge is 2.18. The molecule has 0 bridgehead atoms. The van der Waals surface area contributed by atoms with Crippen LogP contribution >= 0.6 is 11.3 Å². The smallest absolute Gasteiger partial charge is 0.0649 e. The van der Waals surface area contributed by atoms with Crippen molar-refractivity contribution in [1.82, 2.24) is 5.43 Å². The highest BCUT2D eigenvalue weighted by molar-refractivity contribution is 7.10. The minimum Gasteiger partial charge on any atom is -0.271 e. The lowest BCUT2D eigenvalue weighted by Gasteiger charge is -2.16. The van der Waals surface area contributed by atoms with Gasteiger partial charge in [0.05, 0.1) is 6.04 Å². The first-order chi connectivity index (χ1) is 6.86. The third kappa shape index (κ3) is 1.63. The van der Waals surface area contributed by atoms with Gasteiger partial charge in [0.25, 0.3) is 0 Å². The number of hydrogen-bond donors (Lipinski definition) is 2. The summed E-state index contributed by atoms with van der Waals surface area (Å²) >= 11 is 1.87. The maximum Gasteiger partial charge on any atom is 0.0649 e. The summed E-state index contributed by atoms with van der Waals surface area (Å²) in [7, 11) is 0. The highest BCUT2D eigenvalue weighted by Crippen LogP contribution is 2.33. The molecule has 1 aliphatic carbocycles. The van der Waals surface area contributed by atoms with Gasteiger partial charge in [-0.15, -0.1) is 17.9 Å². The van der Waals surface area contributed by atoms with E-state index in [0.717, 1.165) is 0 Å². The van der Waals surface area contributed by atoms with Crippen LogP contribution < -0.4 is 11.3 Å². The first kappa shape index (κ1) is 9.90. The third-order valence-corrected chi connectivity index (χ3v) is 3.95. The van der Waals surface area contributed by atoms with Crippen molar-refractivity contribution < 1.29 is 0 Å². The number of rotatable bonds is 3. The molecule has 0 radical (unpaired) electrons. The Hall–Kier alpha value is -0.640. The van der Waals surface area contributed by atoms with Crippen LogP contribution in [-0.4, -0.2) is 0 Å². The lowest BCUT2D eigenvalue weighted by Crippen LogP contribution is -2.27. The summed E-state index contributed by atoms with van der Waals surface area (Å²) in [6, 6.07) is 0.119. The molecule has 76 valence electrons.